The van der Waals surface area contributed by atoms with E-state index in [0.717, 1.165) is 0 Å². The molecule has 1 aromatic rings. The minimum absolute atomic E-state index is 0.414. The molecular weight excluding hydrogens is 204 g/mol. The fraction of sp³-hybridized carbons (Fsp3) is 0.300. The summed E-state index contributed by atoms with van der Waals surface area (Å²) in [5, 5.41) is 0. The van der Waals surface area contributed by atoms with E-state index in [-0.39, 0.29) is 0 Å². The lowest BCUT2D eigenvalue weighted by Crippen LogP contribution is -2.07. The van der Waals surface area contributed by atoms with Gasteiger partial charge in [0.25, 0.3) is 0 Å². The zero-order chi connectivity index (χ0) is 10.6. The van der Waals surface area contributed by atoms with Crippen LogP contribution in [-0.2, 0) is 9.47 Å². The molecule has 14 heavy (non-hydrogen) atoms. The molecule has 0 aliphatic heterocycles. The van der Waals surface area contributed by atoms with Crippen molar-refractivity contribution < 1.29 is 14.3 Å². The van der Waals surface area contributed by atoms with Gasteiger partial charge in [0.1, 0.15) is 0 Å². The number of esters is 1. The first kappa shape index (κ1) is 11.0. The van der Waals surface area contributed by atoms with Gasteiger partial charge in [0.15, 0.2) is 5.56 Å². The van der Waals surface area contributed by atoms with E-state index in [2.05, 4.69) is 4.74 Å². The summed E-state index contributed by atoms with van der Waals surface area (Å²) >= 11 is 5.87. The minimum atomic E-state index is -0.634. The molecule has 3 nitrogen and oxygen atoms in total. The largest absolute Gasteiger partial charge is 0.465 e. The van der Waals surface area contributed by atoms with Gasteiger partial charge in [0, 0.05) is 12.7 Å². The van der Waals surface area contributed by atoms with E-state index in [1.54, 1.807) is 24.3 Å². The summed E-state index contributed by atoms with van der Waals surface area (Å²) in [5.41, 5.74) is 0.408. The second-order valence-electron chi connectivity index (χ2n) is 2.63. The van der Waals surface area contributed by atoms with Crippen molar-refractivity contribution in [2.45, 2.75) is 5.56 Å². The van der Waals surface area contributed by atoms with Gasteiger partial charge in [-0.15, -0.1) is 0 Å². The third-order valence-electron chi connectivity index (χ3n) is 1.82. The van der Waals surface area contributed by atoms with Crippen molar-refractivity contribution in [2.24, 2.45) is 0 Å². The van der Waals surface area contributed by atoms with E-state index in [1.807, 2.05) is 0 Å². The number of alkyl halides is 1. The van der Waals surface area contributed by atoms with Gasteiger partial charge in [-0.3, -0.25) is 0 Å². The summed E-state index contributed by atoms with van der Waals surface area (Å²) in [6.45, 7) is 0. The number of hydrogen-bond donors (Lipinski definition) is 0. The van der Waals surface area contributed by atoms with Crippen LogP contribution >= 0.6 is 11.6 Å². The highest BCUT2D eigenvalue weighted by molar-refractivity contribution is 6.20. The molecule has 0 radical (unpaired) electrons. The Kier molecular flexibility index (Phi) is 3.92. The van der Waals surface area contributed by atoms with Crippen molar-refractivity contribution in [1.82, 2.24) is 0 Å². The van der Waals surface area contributed by atoms with Crippen molar-refractivity contribution in [3.05, 3.63) is 35.4 Å². The second-order valence-corrected chi connectivity index (χ2v) is 3.03. The third kappa shape index (κ3) is 2.25. The van der Waals surface area contributed by atoms with Crippen LogP contribution in [0.3, 0.4) is 0 Å². The van der Waals surface area contributed by atoms with Crippen LogP contribution in [0.4, 0.5) is 0 Å². The normalized spacial score (nSPS) is 12.2. The van der Waals surface area contributed by atoms with Gasteiger partial charge in [0.05, 0.1) is 12.7 Å². The van der Waals surface area contributed by atoms with Gasteiger partial charge < -0.3 is 9.47 Å². The fourth-order valence-corrected chi connectivity index (χ4v) is 1.31. The fourth-order valence-electron chi connectivity index (χ4n) is 1.12. The summed E-state index contributed by atoms with van der Waals surface area (Å²) < 4.78 is 9.55. The number of methoxy groups -OCH3 is 2. The number of carbonyl (C=O) groups excluding carboxylic acids is 1. The van der Waals surface area contributed by atoms with Gasteiger partial charge >= 0.3 is 5.97 Å². The maximum atomic E-state index is 11.3. The van der Waals surface area contributed by atoms with E-state index in [1.165, 1.54) is 14.2 Å². The molecule has 1 aromatic carbocycles. The zero-order valence-corrected chi connectivity index (χ0v) is 8.75. The molecular formula is C10H11ClO3. The van der Waals surface area contributed by atoms with Crippen molar-refractivity contribution in [3.63, 3.8) is 0 Å². The molecule has 1 rings (SSSR count). The number of ether oxygens (including phenoxy) is 2. The molecule has 1 unspecified atom stereocenters. The summed E-state index contributed by atoms with van der Waals surface area (Å²) in [4.78, 5) is 11.3. The molecule has 0 aliphatic rings. The van der Waals surface area contributed by atoms with Crippen LogP contribution < -0.4 is 0 Å². The topological polar surface area (TPSA) is 35.5 Å². The Balaban J connectivity index is 3.09. The SMILES string of the molecule is COC(=O)c1ccccc1C(Cl)OC. The van der Waals surface area contributed by atoms with E-state index in [9.17, 15) is 4.79 Å². The average Bonchev–Trinajstić information content (AvgIpc) is 2.27. The standard InChI is InChI=1S/C10H11ClO3/c1-13-9(11)7-5-3-4-6-8(7)10(12)14-2/h3-6,9H,1-2H3. The van der Waals surface area contributed by atoms with Gasteiger partial charge in [-0.2, -0.15) is 0 Å². The van der Waals surface area contributed by atoms with Crippen LogP contribution in [-0.4, -0.2) is 20.2 Å². The summed E-state index contributed by atoms with van der Waals surface area (Å²) in [6, 6.07) is 6.91. The maximum Gasteiger partial charge on any atom is 0.338 e. The van der Waals surface area contributed by atoms with Gasteiger partial charge in [-0.25, -0.2) is 4.79 Å². The smallest absolute Gasteiger partial charge is 0.338 e. The van der Waals surface area contributed by atoms with Crippen LogP contribution in [0.25, 0.3) is 0 Å². The van der Waals surface area contributed by atoms with Gasteiger partial charge in [-0.1, -0.05) is 29.8 Å². The molecule has 0 saturated heterocycles. The van der Waals surface area contributed by atoms with Crippen LogP contribution in [0.5, 0.6) is 0 Å². The lowest BCUT2D eigenvalue weighted by molar-refractivity contribution is 0.0595. The minimum Gasteiger partial charge on any atom is -0.465 e. The zero-order valence-electron chi connectivity index (χ0n) is 7.99. The molecule has 0 aromatic heterocycles. The highest BCUT2D eigenvalue weighted by atomic mass is 35.5. The molecule has 0 aliphatic carbocycles. The maximum absolute atomic E-state index is 11.3. The van der Waals surface area contributed by atoms with Gasteiger partial charge in [-0.05, 0) is 6.07 Å². The van der Waals surface area contributed by atoms with E-state index >= 15 is 0 Å². The van der Waals surface area contributed by atoms with Crippen molar-refractivity contribution in [2.75, 3.05) is 14.2 Å². The number of carbonyl (C=O) groups is 1. The van der Waals surface area contributed by atoms with Crippen LogP contribution in [0.2, 0.25) is 0 Å². The number of benzene rings is 1. The van der Waals surface area contributed by atoms with Crippen molar-refractivity contribution >= 4 is 17.6 Å². The Labute approximate surface area is 87.6 Å². The first-order valence-electron chi connectivity index (χ1n) is 4.04. The lowest BCUT2D eigenvalue weighted by atomic mass is 10.1. The van der Waals surface area contributed by atoms with E-state index in [4.69, 9.17) is 16.3 Å². The molecule has 76 valence electrons. The molecule has 0 amide bonds. The molecule has 0 fully saturated rings. The van der Waals surface area contributed by atoms with Crippen LogP contribution in [0, 0.1) is 0 Å². The predicted octanol–water partition coefficient (Wildman–Crippen LogP) is 2.36. The van der Waals surface area contributed by atoms with Gasteiger partial charge in [0.2, 0.25) is 0 Å². The Morgan fingerprint density at radius 2 is 2.00 bits per heavy atom. The van der Waals surface area contributed by atoms with Crippen molar-refractivity contribution in [3.8, 4) is 0 Å². The number of halogens is 1. The van der Waals surface area contributed by atoms with Crippen molar-refractivity contribution in [1.29, 1.82) is 0 Å². The molecule has 0 spiro atoms. The Morgan fingerprint density at radius 1 is 1.36 bits per heavy atom. The molecule has 4 heteroatoms. The summed E-state index contributed by atoms with van der Waals surface area (Å²) in [5.74, 6) is -0.414. The predicted molar refractivity (Wildman–Crippen MR) is 53.4 cm³/mol. The Hall–Kier alpha value is -1.06. The van der Waals surface area contributed by atoms with E-state index in [0.29, 0.717) is 11.1 Å². The lowest BCUT2D eigenvalue weighted by Gasteiger charge is -2.11. The second kappa shape index (κ2) is 4.98. The first-order chi connectivity index (χ1) is 6.70. The monoisotopic (exact) mass is 214 g/mol. The molecule has 1 atom stereocenters. The summed E-state index contributed by atoms with van der Waals surface area (Å²) in [6.07, 6.45) is 0. The summed E-state index contributed by atoms with van der Waals surface area (Å²) in [7, 11) is 2.81. The molecule has 0 heterocycles. The molecule has 0 N–H and O–H groups in total. The van der Waals surface area contributed by atoms with Crippen LogP contribution in [0.15, 0.2) is 24.3 Å². The average molecular weight is 215 g/mol. The number of rotatable bonds is 3. The Bertz CT molecular complexity index is 325. The number of hydrogen-bond acceptors (Lipinski definition) is 3. The van der Waals surface area contributed by atoms with Crippen LogP contribution in [0.1, 0.15) is 21.5 Å². The molecule has 0 bridgehead atoms. The molecule has 0 saturated carbocycles. The Morgan fingerprint density at radius 3 is 2.57 bits per heavy atom. The highest BCUT2D eigenvalue weighted by Gasteiger charge is 2.16. The highest BCUT2D eigenvalue weighted by Crippen LogP contribution is 2.24. The first-order valence-corrected chi connectivity index (χ1v) is 4.48. The van der Waals surface area contributed by atoms with E-state index < -0.39 is 11.5 Å². The quantitative estimate of drug-likeness (QED) is 0.573. The third-order valence-corrected chi connectivity index (χ3v) is 2.23.